The first-order chi connectivity index (χ1) is 20.4. The smallest absolute Gasteiger partial charge is 0.252 e. The van der Waals surface area contributed by atoms with Crippen molar-refractivity contribution in [3.8, 4) is 5.75 Å². The highest BCUT2D eigenvalue weighted by atomic mass is 79.9. The molecule has 0 unspecified atom stereocenters. The van der Waals surface area contributed by atoms with Crippen molar-refractivity contribution >= 4 is 27.7 Å². The Bertz CT molecular complexity index is 1570. The summed E-state index contributed by atoms with van der Waals surface area (Å²) in [6, 6.07) is 27.7. The predicted molar refractivity (Wildman–Crippen MR) is 159 cm³/mol. The van der Waals surface area contributed by atoms with Crippen molar-refractivity contribution in [1.29, 1.82) is 0 Å². The van der Waals surface area contributed by atoms with Gasteiger partial charge in [-0.25, -0.2) is 13.8 Å². The lowest BCUT2D eigenvalue weighted by atomic mass is 9.82. The molecular formula is C33H29BrF2N2O4. The SMILES string of the molecule is O=C(NCc1ccc(F)c(F)c1)[C@]1(Cc2ccccc2)N=C(c2ccc(OCCCO)cc2)O[C@@H]1c1ccccc1Br. The number of halogens is 3. The lowest BCUT2D eigenvalue weighted by Gasteiger charge is -2.31. The Kier molecular flexibility index (Phi) is 9.29. The second-order valence-corrected chi connectivity index (χ2v) is 10.8. The first-order valence-corrected chi connectivity index (χ1v) is 14.3. The summed E-state index contributed by atoms with van der Waals surface area (Å²) in [5.41, 5.74) is 1.24. The first-order valence-electron chi connectivity index (χ1n) is 13.5. The number of amides is 1. The van der Waals surface area contributed by atoms with Crippen molar-refractivity contribution in [2.75, 3.05) is 13.2 Å². The second-order valence-electron chi connectivity index (χ2n) is 9.90. The van der Waals surface area contributed by atoms with Crippen LogP contribution in [-0.2, 0) is 22.5 Å². The molecule has 0 spiro atoms. The molecule has 9 heteroatoms. The van der Waals surface area contributed by atoms with Gasteiger partial charge in [0, 0.05) is 41.6 Å². The molecule has 0 aromatic heterocycles. The summed E-state index contributed by atoms with van der Waals surface area (Å²) < 4.78 is 40.3. The lowest BCUT2D eigenvalue weighted by molar-refractivity contribution is -0.129. The number of hydrogen-bond donors (Lipinski definition) is 2. The van der Waals surface area contributed by atoms with Gasteiger partial charge in [-0.2, -0.15) is 0 Å². The summed E-state index contributed by atoms with van der Waals surface area (Å²) in [6.45, 7) is 0.399. The molecule has 4 aromatic rings. The van der Waals surface area contributed by atoms with E-state index in [4.69, 9.17) is 19.6 Å². The van der Waals surface area contributed by atoms with E-state index in [0.29, 0.717) is 29.9 Å². The normalized spacial score (nSPS) is 17.8. The largest absolute Gasteiger partial charge is 0.494 e. The standard InChI is InChI=1S/C33H29BrF2N2O4/c34-27-10-5-4-9-26(27)30-33(20-22-7-2-1-3-8-22,32(40)37-21-23-11-16-28(35)29(36)19-23)38-31(42-30)24-12-14-25(15-13-24)41-18-6-17-39/h1-5,7-16,19,30,39H,6,17-18,20-21H2,(H,37,40)/t30-,33-/m1/s1. The molecule has 0 saturated carbocycles. The third kappa shape index (κ3) is 6.53. The van der Waals surface area contributed by atoms with Gasteiger partial charge in [0.1, 0.15) is 5.75 Å². The van der Waals surface area contributed by atoms with Crippen LogP contribution in [0.3, 0.4) is 0 Å². The topological polar surface area (TPSA) is 80.2 Å². The van der Waals surface area contributed by atoms with E-state index < -0.39 is 29.2 Å². The zero-order valence-corrected chi connectivity index (χ0v) is 24.2. The fraction of sp³-hybridized carbons (Fsp3) is 0.212. The maximum absolute atomic E-state index is 14.2. The minimum absolute atomic E-state index is 0.0278. The number of carbonyl (C=O) groups is 1. The molecule has 1 aliphatic heterocycles. The van der Waals surface area contributed by atoms with Gasteiger partial charge in [0.05, 0.1) is 6.61 Å². The van der Waals surface area contributed by atoms with Crippen molar-refractivity contribution in [3.63, 3.8) is 0 Å². The Morgan fingerprint density at radius 1 is 0.952 bits per heavy atom. The highest BCUT2D eigenvalue weighted by Crippen LogP contribution is 2.44. The van der Waals surface area contributed by atoms with E-state index >= 15 is 0 Å². The van der Waals surface area contributed by atoms with Gasteiger partial charge in [-0.1, -0.05) is 70.5 Å². The molecule has 0 fully saturated rings. The number of rotatable bonds is 11. The van der Waals surface area contributed by atoms with Crippen LogP contribution in [0.5, 0.6) is 5.75 Å². The van der Waals surface area contributed by atoms with Crippen molar-refractivity contribution in [2.45, 2.75) is 31.0 Å². The maximum atomic E-state index is 14.2. The molecular weight excluding hydrogens is 606 g/mol. The van der Waals surface area contributed by atoms with Gasteiger partial charge in [-0.3, -0.25) is 4.79 Å². The fourth-order valence-corrected chi connectivity index (χ4v) is 5.33. The van der Waals surface area contributed by atoms with E-state index in [2.05, 4.69) is 21.2 Å². The molecule has 6 nitrogen and oxygen atoms in total. The minimum Gasteiger partial charge on any atom is -0.494 e. The number of aliphatic hydroxyl groups excluding tert-OH is 1. The average molecular weight is 636 g/mol. The summed E-state index contributed by atoms with van der Waals surface area (Å²) in [6.07, 6.45) is -0.0731. The number of aliphatic imine (C=N–C) groups is 1. The maximum Gasteiger partial charge on any atom is 0.252 e. The molecule has 0 radical (unpaired) electrons. The van der Waals surface area contributed by atoms with Crippen LogP contribution in [0.2, 0.25) is 0 Å². The number of nitrogens with one attached hydrogen (secondary N) is 1. The molecule has 1 amide bonds. The zero-order valence-electron chi connectivity index (χ0n) is 22.6. The molecule has 0 aliphatic carbocycles. The van der Waals surface area contributed by atoms with Gasteiger partial charge in [0.15, 0.2) is 23.3 Å². The Morgan fingerprint density at radius 3 is 2.40 bits per heavy atom. The van der Waals surface area contributed by atoms with E-state index in [1.54, 1.807) is 12.1 Å². The third-order valence-corrected chi connectivity index (χ3v) is 7.69. The van der Waals surface area contributed by atoms with Crippen LogP contribution in [0.4, 0.5) is 8.78 Å². The van der Waals surface area contributed by atoms with Crippen LogP contribution in [0.15, 0.2) is 107 Å². The molecule has 0 saturated heterocycles. The Morgan fingerprint density at radius 2 is 1.69 bits per heavy atom. The van der Waals surface area contributed by atoms with Crippen LogP contribution in [-0.4, -0.2) is 35.7 Å². The van der Waals surface area contributed by atoms with E-state index in [-0.39, 0.29) is 25.5 Å². The third-order valence-electron chi connectivity index (χ3n) is 6.97. The predicted octanol–water partition coefficient (Wildman–Crippen LogP) is 6.30. The highest BCUT2D eigenvalue weighted by Gasteiger charge is 2.53. The quantitative estimate of drug-likeness (QED) is 0.190. The van der Waals surface area contributed by atoms with Crippen molar-refractivity contribution < 1.29 is 28.2 Å². The van der Waals surface area contributed by atoms with Gasteiger partial charge >= 0.3 is 0 Å². The molecule has 4 aromatic carbocycles. The van der Waals surface area contributed by atoms with Gasteiger partial charge in [0.25, 0.3) is 5.91 Å². The molecule has 2 N–H and O–H groups in total. The van der Waals surface area contributed by atoms with Gasteiger partial charge in [-0.15, -0.1) is 0 Å². The number of benzene rings is 4. The monoisotopic (exact) mass is 634 g/mol. The van der Waals surface area contributed by atoms with Crippen LogP contribution < -0.4 is 10.1 Å². The fourth-order valence-electron chi connectivity index (χ4n) is 4.84. The van der Waals surface area contributed by atoms with Crippen molar-refractivity contribution in [2.24, 2.45) is 4.99 Å². The van der Waals surface area contributed by atoms with Gasteiger partial charge in [0.2, 0.25) is 5.90 Å². The summed E-state index contributed by atoms with van der Waals surface area (Å²) >= 11 is 3.62. The van der Waals surface area contributed by atoms with E-state index in [1.165, 1.54) is 6.07 Å². The summed E-state index contributed by atoms with van der Waals surface area (Å²) in [5, 5.41) is 11.9. The van der Waals surface area contributed by atoms with Gasteiger partial charge < -0.3 is 19.9 Å². The number of aliphatic hydroxyl groups is 1. The highest BCUT2D eigenvalue weighted by molar-refractivity contribution is 9.10. The average Bonchev–Trinajstić information content (AvgIpc) is 3.39. The van der Waals surface area contributed by atoms with Crippen LogP contribution in [0, 0.1) is 11.6 Å². The van der Waals surface area contributed by atoms with Gasteiger partial charge in [-0.05, 0) is 53.6 Å². The van der Waals surface area contributed by atoms with E-state index in [9.17, 15) is 13.6 Å². The number of hydrogen-bond acceptors (Lipinski definition) is 5. The first kappa shape index (κ1) is 29.4. The Labute approximate surface area is 251 Å². The molecule has 42 heavy (non-hydrogen) atoms. The molecule has 1 heterocycles. The van der Waals surface area contributed by atoms with Crippen molar-refractivity contribution in [3.05, 3.63) is 135 Å². The molecule has 5 rings (SSSR count). The van der Waals surface area contributed by atoms with E-state index in [1.807, 2.05) is 66.7 Å². The summed E-state index contributed by atoms with van der Waals surface area (Å²) in [4.78, 5) is 19.2. The Hall–Kier alpha value is -4.08. The lowest BCUT2D eigenvalue weighted by Crippen LogP contribution is -2.49. The summed E-state index contributed by atoms with van der Waals surface area (Å²) in [7, 11) is 0. The number of carbonyl (C=O) groups excluding carboxylic acids is 1. The molecule has 1 aliphatic rings. The molecule has 216 valence electrons. The Balaban J connectivity index is 1.55. The van der Waals surface area contributed by atoms with E-state index in [0.717, 1.165) is 27.7 Å². The number of ether oxygens (including phenoxy) is 2. The molecule has 0 bridgehead atoms. The number of nitrogens with zero attached hydrogens (tertiary/aromatic N) is 1. The molecule has 2 atom stereocenters. The van der Waals surface area contributed by atoms with Crippen LogP contribution in [0.25, 0.3) is 0 Å². The zero-order chi connectivity index (χ0) is 29.5. The van der Waals surface area contributed by atoms with Crippen molar-refractivity contribution in [1.82, 2.24) is 5.32 Å². The summed E-state index contributed by atoms with van der Waals surface area (Å²) in [5.74, 6) is -1.44. The minimum atomic E-state index is -1.44. The van der Waals surface area contributed by atoms with Crippen LogP contribution >= 0.6 is 15.9 Å². The second kappa shape index (κ2) is 13.3. The van der Waals surface area contributed by atoms with Crippen LogP contribution in [0.1, 0.15) is 34.8 Å².